The van der Waals surface area contributed by atoms with Crippen molar-refractivity contribution >= 4 is 17.5 Å². The molecule has 0 aromatic heterocycles. The molecule has 0 bridgehead atoms. The fraction of sp³-hybridized carbons (Fsp3) is 0.533. The molecule has 2 unspecified atom stereocenters. The molecular weight excluding hydrogens is 279 g/mol. The van der Waals surface area contributed by atoms with Crippen LogP contribution in [0.5, 0.6) is 0 Å². The number of nitrogens with two attached hydrogens (primary N) is 1. The molecule has 0 spiro atoms. The molecule has 1 fully saturated rings. The molecule has 0 saturated heterocycles. The summed E-state index contributed by atoms with van der Waals surface area (Å²) in [6.45, 7) is 2.05. The molecule has 0 radical (unpaired) electrons. The van der Waals surface area contributed by atoms with E-state index in [-0.39, 0.29) is 18.5 Å². The fourth-order valence-electron chi connectivity index (χ4n) is 2.89. The molecule has 110 valence electrons. The summed E-state index contributed by atoms with van der Waals surface area (Å²) in [5.41, 5.74) is 5.86. The van der Waals surface area contributed by atoms with Crippen LogP contribution >= 0.6 is 11.6 Å². The summed E-state index contributed by atoms with van der Waals surface area (Å²) in [5.74, 6) is -0.431. The van der Waals surface area contributed by atoms with Crippen LogP contribution in [0.4, 0.5) is 4.39 Å². The molecule has 2 atom stereocenters. The first-order valence-corrected chi connectivity index (χ1v) is 7.18. The van der Waals surface area contributed by atoms with Crippen LogP contribution in [0.25, 0.3) is 0 Å². The van der Waals surface area contributed by atoms with E-state index >= 15 is 0 Å². The van der Waals surface area contributed by atoms with Gasteiger partial charge in [0.25, 0.3) is 0 Å². The number of halogens is 2. The maximum Gasteiger partial charge on any atom is 0.230 e. The Morgan fingerprint density at radius 1 is 1.60 bits per heavy atom. The van der Waals surface area contributed by atoms with Crippen molar-refractivity contribution in [2.45, 2.75) is 38.8 Å². The van der Waals surface area contributed by atoms with E-state index in [4.69, 9.17) is 17.3 Å². The lowest BCUT2D eigenvalue weighted by Gasteiger charge is -2.32. The summed E-state index contributed by atoms with van der Waals surface area (Å²) >= 11 is 6.00. The summed E-state index contributed by atoms with van der Waals surface area (Å²) in [5, 5.41) is 0.338. The zero-order chi connectivity index (χ0) is 14.9. The van der Waals surface area contributed by atoms with E-state index in [9.17, 15) is 9.18 Å². The monoisotopic (exact) mass is 298 g/mol. The number of benzene rings is 1. The zero-order valence-corrected chi connectivity index (χ0v) is 12.6. The van der Waals surface area contributed by atoms with Crippen LogP contribution in [0.3, 0.4) is 0 Å². The Kier molecular flexibility index (Phi) is 4.35. The fourth-order valence-corrected chi connectivity index (χ4v) is 3.11. The molecule has 1 aromatic carbocycles. The Bertz CT molecular complexity index is 502. The van der Waals surface area contributed by atoms with Gasteiger partial charge in [0, 0.05) is 30.2 Å². The Morgan fingerprint density at radius 3 is 2.85 bits per heavy atom. The summed E-state index contributed by atoms with van der Waals surface area (Å²) in [7, 11) is 1.67. The third-order valence-corrected chi connectivity index (χ3v) is 4.68. The lowest BCUT2D eigenvalue weighted by atomic mass is 9.83. The number of nitrogens with zero attached hydrogens (tertiary/aromatic N) is 1. The van der Waals surface area contributed by atoms with Crippen LogP contribution in [0.1, 0.15) is 31.7 Å². The summed E-state index contributed by atoms with van der Waals surface area (Å²) in [6, 6.07) is 4.40. The van der Waals surface area contributed by atoms with Gasteiger partial charge in [-0.25, -0.2) is 4.39 Å². The highest BCUT2D eigenvalue weighted by Crippen LogP contribution is 2.38. The first kappa shape index (κ1) is 15.3. The number of rotatable bonds is 3. The van der Waals surface area contributed by atoms with Crippen LogP contribution in [0.2, 0.25) is 5.02 Å². The van der Waals surface area contributed by atoms with Gasteiger partial charge in [0.05, 0.1) is 5.41 Å². The summed E-state index contributed by atoms with van der Waals surface area (Å²) in [4.78, 5) is 14.1. The molecule has 0 heterocycles. The smallest absolute Gasteiger partial charge is 0.230 e. The Balaban J connectivity index is 2.16. The molecule has 20 heavy (non-hydrogen) atoms. The third-order valence-electron chi connectivity index (χ3n) is 4.32. The molecule has 1 amide bonds. The highest BCUT2D eigenvalue weighted by molar-refractivity contribution is 6.31. The second-order valence-electron chi connectivity index (χ2n) is 5.78. The molecule has 1 aliphatic rings. The zero-order valence-electron chi connectivity index (χ0n) is 11.8. The number of carbonyl (C=O) groups excluding carboxylic acids is 1. The topological polar surface area (TPSA) is 46.3 Å². The van der Waals surface area contributed by atoms with Gasteiger partial charge in [0.2, 0.25) is 5.91 Å². The van der Waals surface area contributed by atoms with E-state index in [0.29, 0.717) is 10.6 Å². The van der Waals surface area contributed by atoms with Crippen LogP contribution in [-0.2, 0) is 11.3 Å². The van der Waals surface area contributed by atoms with Gasteiger partial charge in [-0.2, -0.15) is 0 Å². The third kappa shape index (κ3) is 2.67. The summed E-state index contributed by atoms with van der Waals surface area (Å²) in [6.07, 6.45) is 2.59. The van der Waals surface area contributed by atoms with E-state index in [1.54, 1.807) is 19.2 Å². The standard InChI is InChI=1S/C15H20ClFN2O/c1-15(8-4-7-13(15)18)14(20)19(2)9-10-11(16)5-3-6-12(10)17/h3,5-6,13H,4,7-9,18H2,1-2H3. The molecule has 3 nitrogen and oxygen atoms in total. The Hall–Kier alpha value is -1.13. The van der Waals surface area contributed by atoms with E-state index in [0.717, 1.165) is 19.3 Å². The minimum Gasteiger partial charge on any atom is -0.341 e. The number of amides is 1. The van der Waals surface area contributed by atoms with Crippen molar-refractivity contribution < 1.29 is 9.18 Å². The maximum atomic E-state index is 13.8. The Morgan fingerprint density at radius 2 is 2.30 bits per heavy atom. The lowest BCUT2D eigenvalue weighted by molar-refractivity contribution is -0.140. The van der Waals surface area contributed by atoms with E-state index in [2.05, 4.69) is 0 Å². The van der Waals surface area contributed by atoms with E-state index in [1.807, 2.05) is 6.92 Å². The largest absolute Gasteiger partial charge is 0.341 e. The predicted octanol–water partition coefficient (Wildman–Crippen LogP) is 2.96. The highest BCUT2D eigenvalue weighted by atomic mass is 35.5. The molecule has 1 aromatic rings. The summed E-state index contributed by atoms with van der Waals surface area (Å²) < 4.78 is 13.8. The second kappa shape index (κ2) is 5.70. The van der Waals surface area contributed by atoms with Crippen molar-refractivity contribution in [3.05, 3.63) is 34.6 Å². The number of hydrogen-bond acceptors (Lipinski definition) is 2. The van der Waals surface area contributed by atoms with Crippen molar-refractivity contribution in [3.63, 3.8) is 0 Å². The van der Waals surface area contributed by atoms with Gasteiger partial charge in [-0.1, -0.05) is 24.1 Å². The number of hydrogen-bond donors (Lipinski definition) is 1. The van der Waals surface area contributed by atoms with Crippen LogP contribution < -0.4 is 5.73 Å². The van der Waals surface area contributed by atoms with Crippen LogP contribution in [-0.4, -0.2) is 23.9 Å². The minimum atomic E-state index is -0.549. The molecule has 0 aliphatic heterocycles. The first-order chi connectivity index (χ1) is 9.36. The van der Waals surface area contributed by atoms with Crippen molar-refractivity contribution in [3.8, 4) is 0 Å². The van der Waals surface area contributed by atoms with Gasteiger partial charge < -0.3 is 10.6 Å². The second-order valence-corrected chi connectivity index (χ2v) is 6.18. The quantitative estimate of drug-likeness (QED) is 0.932. The predicted molar refractivity (Wildman–Crippen MR) is 77.8 cm³/mol. The molecule has 1 saturated carbocycles. The molecular formula is C15H20ClFN2O. The average Bonchev–Trinajstić information content (AvgIpc) is 2.74. The van der Waals surface area contributed by atoms with Crippen LogP contribution in [0, 0.1) is 11.2 Å². The number of carbonyl (C=O) groups is 1. The van der Waals surface area contributed by atoms with E-state index < -0.39 is 11.2 Å². The molecule has 2 rings (SSSR count). The van der Waals surface area contributed by atoms with Crippen molar-refractivity contribution in [1.29, 1.82) is 0 Å². The first-order valence-electron chi connectivity index (χ1n) is 6.80. The Labute approximate surface area is 123 Å². The SMILES string of the molecule is CN(Cc1c(F)cccc1Cl)C(=O)C1(C)CCCC1N. The van der Waals surface area contributed by atoms with Crippen molar-refractivity contribution in [2.24, 2.45) is 11.1 Å². The lowest BCUT2D eigenvalue weighted by Crippen LogP contribution is -2.47. The van der Waals surface area contributed by atoms with Crippen molar-refractivity contribution in [1.82, 2.24) is 4.90 Å². The van der Waals surface area contributed by atoms with Gasteiger partial charge in [-0.15, -0.1) is 0 Å². The van der Waals surface area contributed by atoms with Gasteiger partial charge in [-0.05, 0) is 31.9 Å². The highest BCUT2D eigenvalue weighted by Gasteiger charge is 2.44. The normalized spacial score (nSPS) is 25.8. The minimum absolute atomic E-state index is 0.0400. The molecule has 1 aliphatic carbocycles. The van der Waals surface area contributed by atoms with Crippen LogP contribution in [0.15, 0.2) is 18.2 Å². The van der Waals surface area contributed by atoms with Gasteiger partial charge >= 0.3 is 0 Å². The van der Waals surface area contributed by atoms with Gasteiger partial charge in [0.1, 0.15) is 5.82 Å². The van der Waals surface area contributed by atoms with Crippen molar-refractivity contribution in [2.75, 3.05) is 7.05 Å². The van der Waals surface area contributed by atoms with Gasteiger partial charge in [-0.3, -0.25) is 4.79 Å². The average molecular weight is 299 g/mol. The van der Waals surface area contributed by atoms with E-state index in [1.165, 1.54) is 11.0 Å². The maximum absolute atomic E-state index is 13.8. The molecule has 2 N–H and O–H groups in total. The van der Waals surface area contributed by atoms with Gasteiger partial charge in [0.15, 0.2) is 0 Å². The molecule has 5 heteroatoms.